The zero-order valence-electron chi connectivity index (χ0n) is 14.7. The van der Waals surface area contributed by atoms with E-state index < -0.39 is 0 Å². The van der Waals surface area contributed by atoms with E-state index >= 15 is 0 Å². The monoisotopic (exact) mass is 332 g/mol. The molecule has 24 heavy (non-hydrogen) atoms. The molecule has 6 heteroatoms. The minimum Gasteiger partial charge on any atom is -0.374 e. The van der Waals surface area contributed by atoms with E-state index in [1.54, 1.807) is 0 Å². The highest BCUT2D eigenvalue weighted by atomic mass is 16.5. The van der Waals surface area contributed by atoms with Crippen LogP contribution in [0.4, 0.5) is 10.6 Å². The first-order valence-corrected chi connectivity index (χ1v) is 9.00. The molecule has 0 aliphatic carbocycles. The molecule has 2 amide bonds. The molecule has 132 valence electrons. The van der Waals surface area contributed by atoms with E-state index in [4.69, 9.17) is 4.74 Å². The lowest BCUT2D eigenvalue weighted by atomic mass is 10.2. The SMILES string of the molecule is C[C@@H]1CCN(C(=O)NCCc2ccc(N3CCC3)nc2)C[C@H](C)O1. The molecule has 1 N–H and O–H groups in total. The number of nitrogens with zero attached hydrogens (tertiary/aromatic N) is 3. The number of carbonyl (C=O) groups excluding carboxylic acids is 1. The van der Waals surface area contributed by atoms with Gasteiger partial charge in [-0.05, 0) is 44.7 Å². The fourth-order valence-electron chi connectivity index (χ4n) is 3.15. The molecule has 1 aromatic rings. The van der Waals surface area contributed by atoms with Crippen molar-refractivity contribution < 1.29 is 9.53 Å². The highest BCUT2D eigenvalue weighted by molar-refractivity contribution is 5.74. The van der Waals surface area contributed by atoms with Gasteiger partial charge in [0.1, 0.15) is 5.82 Å². The molecule has 6 nitrogen and oxygen atoms in total. The summed E-state index contributed by atoms with van der Waals surface area (Å²) in [7, 11) is 0. The highest BCUT2D eigenvalue weighted by Gasteiger charge is 2.22. The minimum atomic E-state index is 0.00436. The maximum absolute atomic E-state index is 12.3. The van der Waals surface area contributed by atoms with E-state index in [0.717, 1.165) is 43.9 Å². The number of rotatable bonds is 4. The summed E-state index contributed by atoms with van der Waals surface area (Å²) < 4.78 is 5.78. The van der Waals surface area contributed by atoms with Gasteiger partial charge >= 0.3 is 6.03 Å². The molecule has 3 rings (SSSR count). The number of hydrogen-bond donors (Lipinski definition) is 1. The molecule has 0 aromatic carbocycles. The van der Waals surface area contributed by atoms with Gasteiger partial charge in [-0.1, -0.05) is 6.07 Å². The normalized spacial score (nSPS) is 24.2. The van der Waals surface area contributed by atoms with Crippen molar-refractivity contribution >= 4 is 11.8 Å². The van der Waals surface area contributed by atoms with Gasteiger partial charge in [-0.2, -0.15) is 0 Å². The van der Waals surface area contributed by atoms with Gasteiger partial charge in [0.25, 0.3) is 0 Å². The minimum absolute atomic E-state index is 0.00436. The van der Waals surface area contributed by atoms with Crippen LogP contribution in [0.15, 0.2) is 18.3 Å². The number of urea groups is 1. The lowest BCUT2D eigenvalue weighted by Crippen LogP contribution is -2.43. The Balaban J connectivity index is 1.42. The molecular formula is C18H28N4O2. The van der Waals surface area contributed by atoms with Crippen molar-refractivity contribution in [3.05, 3.63) is 23.9 Å². The van der Waals surface area contributed by atoms with E-state index in [-0.39, 0.29) is 18.2 Å². The second-order valence-corrected chi connectivity index (χ2v) is 6.84. The Hall–Kier alpha value is -1.82. The van der Waals surface area contributed by atoms with Gasteiger partial charge in [0.05, 0.1) is 12.2 Å². The van der Waals surface area contributed by atoms with Crippen molar-refractivity contribution in [1.29, 1.82) is 0 Å². The van der Waals surface area contributed by atoms with Gasteiger partial charge in [0.2, 0.25) is 0 Å². The first-order chi connectivity index (χ1) is 11.6. The van der Waals surface area contributed by atoms with Gasteiger partial charge in [-0.25, -0.2) is 9.78 Å². The molecule has 1 aromatic heterocycles. The third-order valence-electron chi connectivity index (χ3n) is 4.71. The third kappa shape index (κ3) is 4.38. The Labute approximate surface area is 144 Å². The van der Waals surface area contributed by atoms with Crippen LogP contribution in [0.3, 0.4) is 0 Å². The van der Waals surface area contributed by atoms with Crippen molar-refractivity contribution in [2.24, 2.45) is 0 Å². The van der Waals surface area contributed by atoms with E-state index in [2.05, 4.69) is 34.3 Å². The number of ether oxygens (including phenoxy) is 1. The van der Waals surface area contributed by atoms with Crippen molar-refractivity contribution in [1.82, 2.24) is 15.2 Å². The molecule has 2 aliphatic rings. The quantitative estimate of drug-likeness (QED) is 0.917. The maximum Gasteiger partial charge on any atom is 0.317 e. The summed E-state index contributed by atoms with van der Waals surface area (Å²) in [6, 6.07) is 4.19. The number of pyridine rings is 1. The predicted octanol–water partition coefficient (Wildman–Crippen LogP) is 2.04. The Kier molecular flexibility index (Phi) is 5.56. The molecule has 3 heterocycles. The summed E-state index contributed by atoms with van der Waals surface area (Å²) in [6.07, 6.45) is 5.17. The average Bonchev–Trinajstić information content (AvgIpc) is 2.67. The summed E-state index contributed by atoms with van der Waals surface area (Å²) in [6.45, 7) is 8.34. The van der Waals surface area contributed by atoms with Crippen LogP contribution in [0.25, 0.3) is 0 Å². The van der Waals surface area contributed by atoms with Crippen LogP contribution < -0.4 is 10.2 Å². The summed E-state index contributed by atoms with van der Waals surface area (Å²) in [5.74, 6) is 1.06. The zero-order valence-corrected chi connectivity index (χ0v) is 14.7. The van der Waals surface area contributed by atoms with E-state index in [1.165, 1.54) is 6.42 Å². The Morgan fingerprint density at radius 3 is 2.79 bits per heavy atom. The van der Waals surface area contributed by atoms with Gasteiger partial charge in [-0.15, -0.1) is 0 Å². The van der Waals surface area contributed by atoms with Crippen molar-refractivity contribution in [2.45, 2.75) is 45.3 Å². The molecule has 0 radical (unpaired) electrons. The summed E-state index contributed by atoms with van der Waals surface area (Å²) in [4.78, 5) is 21.0. The van der Waals surface area contributed by atoms with Crippen LogP contribution in [0, 0.1) is 0 Å². The molecule has 2 aliphatic heterocycles. The van der Waals surface area contributed by atoms with E-state index in [0.29, 0.717) is 13.1 Å². The van der Waals surface area contributed by atoms with Crippen LogP contribution in [0.5, 0.6) is 0 Å². The van der Waals surface area contributed by atoms with Crippen molar-refractivity contribution in [2.75, 3.05) is 37.6 Å². The van der Waals surface area contributed by atoms with Crippen LogP contribution >= 0.6 is 0 Å². The topological polar surface area (TPSA) is 57.7 Å². The zero-order chi connectivity index (χ0) is 16.9. The molecule has 2 fully saturated rings. The molecule has 0 spiro atoms. The highest BCUT2D eigenvalue weighted by Crippen LogP contribution is 2.17. The number of hydrogen-bond acceptors (Lipinski definition) is 4. The van der Waals surface area contributed by atoms with Gasteiger partial charge in [0.15, 0.2) is 0 Å². The van der Waals surface area contributed by atoms with E-state index in [9.17, 15) is 4.79 Å². The van der Waals surface area contributed by atoms with Gasteiger partial charge in [0, 0.05) is 38.9 Å². The number of anilines is 1. The Morgan fingerprint density at radius 1 is 1.29 bits per heavy atom. The smallest absolute Gasteiger partial charge is 0.317 e. The number of carbonyl (C=O) groups is 1. The molecule has 0 saturated carbocycles. The lowest BCUT2D eigenvalue weighted by molar-refractivity contribution is 0.0160. The molecule has 0 bridgehead atoms. The predicted molar refractivity (Wildman–Crippen MR) is 94.4 cm³/mol. The first kappa shape index (κ1) is 17.0. The fourth-order valence-corrected chi connectivity index (χ4v) is 3.15. The Morgan fingerprint density at radius 2 is 2.12 bits per heavy atom. The van der Waals surface area contributed by atoms with Crippen molar-refractivity contribution in [3.8, 4) is 0 Å². The molecule has 0 unspecified atom stereocenters. The van der Waals surface area contributed by atoms with Crippen LogP contribution in [-0.4, -0.2) is 60.8 Å². The first-order valence-electron chi connectivity index (χ1n) is 9.00. The van der Waals surface area contributed by atoms with Crippen LogP contribution in [0.2, 0.25) is 0 Å². The second kappa shape index (κ2) is 7.83. The fraction of sp³-hybridized carbons (Fsp3) is 0.667. The molecule has 2 atom stereocenters. The van der Waals surface area contributed by atoms with Crippen LogP contribution in [0.1, 0.15) is 32.3 Å². The average molecular weight is 332 g/mol. The maximum atomic E-state index is 12.3. The Bertz CT molecular complexity index is 544. The van der Waals surface area contributed by atoms with Gasteiger partial charge < -0.3 is 19.9 Å². The summed E-state index contributed by atoms with van der Waals surface area (Å²) >= 11 is 0. The lowest BCUT2D eigenvalue weighted by Gasteiger charge is -2.31. The van der Waals surface area contributed by atoms with Gasteiger partial charge in [-0.3, -0.25) is 0 Å². The van der Waals surface area contributed by atoms with Crippen LogP contribution in [-0.2, 0) is 11.2 Å². The number of nitrogens with one attached hydrogen (secondary N) is 1. The molecular weight excluding hydrogens is 304 g/mol. The standard InChI is InChI=1S/C18H28N4O2/c1-14-7-11-22(13-15(2)24-14)18(23)19-8-6-16-4-5-17(20-12-16)21-9-3-10-21/h4-5,12,14-15H,3,6-11,13H2,1-2H3,(H,19,23)/t14-,15+/m1/s1. The third-order valence-corrected chi connectivity index (χ3v) is 4.71. The second-order valence-electron chi connectivity index (χ2n) is 6.84. The number of amides is 2. The molecule has 2 saturated heterocycles. The summed E-state index contributed by atoms with van der Waals surface area (Å²) in [5.41, 5.74) is 1.15. The number of aromatic nitrogens is 1. The summed E-state index contributed by atoms with van der Waals surface area (Å²) in [5, 5.41) is 3.02. The van der Waals surface area contributed by atoms with Crippen molar-refractivity contribution in [3.63, 3.8) is 0 Å². The van der Waals surface area contributed by atoms with E-state index in [1.807, 2.05) is 18.0 Å². The largest absolute Gasteiger partial charge is 0.374 e.